The summed E-state index contributed by atoms with van der Waals surface area (Å²) in [6.07, 6.45) is 0. The second-order valence-corrected chi connectivity index (χ2v) is 7.42. The highest BCUT2D eigenvalue weighted by Gasteiger charge is 2.25. The number of halogens is 1. The van der Waals surface area contributed by atoms with E-state index in [0.717, 1.165) is 17.1 Å². The van der Waals surface area contributed by atoms with E-state index in [2.05, 4.69) is 6.92 Å². The summed E-state index contributed by atoms with van der Waals surface area (Å²) in [5.41, 5.74) is 1.72. The molecule has 0 spiro atoms. The lowest BCUT2D eigenvalue weighted by Crippen LogP contribution is -3.61. The monoisotopic (exact) mass is 413 g/mol. The van der Waals surface area contributed by atoms with Gasteiger partial charge in [-0.15, -0.1) is 0 Å². The first-order chi connectivity index (χ1) is 10.6. The van der Waals surface area contributed by atoms with Crippen molar-refractivity contribution in [2.45, 2.75) is 6.92 Å². The van der Waals surface area contributed by atoms with Crippen LogP contribution in [0.3, 0.4) is 0 Å². The maximum atomic E-state index is 11.5. The summed E-state index contributed by atoms with van der Waals surface area (Å²) in [6.45, 7) is 2.06. The van der Waals surface area contributed by atoms with Crippen molar-refractivity contribution in [3.63, 3.8) is 0 Å². The molecular formula is C17H18IO4+. The van der Waals surface area contributed by atoms with Crippen LogP contribution in [0.2, 0.25) is 0 Å². The Kier molecular flexibility index (Phi) is 5.65. The predicted molar refractivity (Wildman–Crippen MR) is 79.5 cm³/mol. The average Bonchev–Trinajstić information content (AvgIpc) is 2.56. The first-order valence-electron chi connectivity index (χ1n) is 6.65. The number of carbonyl (C=O) groups excluding carboxylic acids is 1. The summed E-state index contributed by atoms with van der Waals surface area (Å²) < 4.78 is 17.9. The Morgan fingerprint density at radius 3 is 2.23 bits per heavy atom. The lowest BCUT2D eigenvalue weighted by Gasteiger charge is -2.06. The largest absolute Gasteiger partial charge is 0.497 e. The average molecular weight is 413 g/mol. The summed E-state index contributed by atoms with van der Waals surface area (Å²) in [6, 6.07) is 11.5. The van der Waals surface area contributed by atoms with E-state index < -0.39 is 21.2 Å². The van der Waals surface area contributed by atoms with Crippen LogP contribution >= 0.6 is 0 Å². The van der Waals surface area contributed by atoms with E-state index in [1.54, 1.807) is 26.4 Å². The highest BCUT2D eigenvalue weighted by molar-refractivity contribution is 5.89. The standard InChI is InChI=1S/C17H18IO4/c1-11-9-14(20-2)10-15(21-3)16(11)18-13-7-5-12(6-8-13)17(19)22-4/h5-10H,1-4H3/q+1. The van der Waals surface area contributed by atoms with E-state index in [-0.39, 0.29) is 5.97 Å². The van der Waals surface area contributed by atoms with Gasteiger partial charge in [-0.3, -0.25) is 0 Å². The molecule has 0 unspecified atom stereocenters. The van der Waals surface area contributed by atoms with Crippen LogP contribution in [0.15, 0.2) is 36.4 Å². The van der Waals surface area contributed by atoms with Gasteiger partial charge in [0.25, 0.3) is 0 Å². The van der Waals surface area contributed by atoms with Crippen LogP contribution in [-0.4, -0.2) is 27.3 Å². The summed E-state index contributed by atoms with van der Waals surface area (Å²) in [5.74, 6) is 1.33. The molecule has 116 valence electrons. The van der Waals surface area contributed by atoms with Crippen molar-refractivity contribution >= 4 is 5.97 Å². The quantitative estimate of drug-likeness (QED) is 0.509. The predicted octanol–water partition coefficient (Wildman–Crippen LogP) is -0.0728. The van der Waals surface area contributed by atoms with Gasteiger partial charge in [0, 0.05) is 11.6 Å². The number of hydrogen-bond donors (Lipinski definition) is 0. The van der Waals surface area contributed by atoms with E-state index in [4.69, 9.17) is 14.2 Å². The lowest BCUT2D eigenvalue weighted by atomic mass is 10.2. The first kappa shape index (κ1) is 16.6. The fourth-order valence-electron chi connectivity index (χ4n) is 1.97. The molecular weight excluding hydrogens is 395 g/mol. The Hall–Kier alpha value is -1.76. The first-order valence-corrected chi connectivity index (χ1v) is 8.80. The molecule has 2 rings (SSSR count). The Morgan fingerprint density at radius 1 is 1.00 bits per heavy atom. The highest BCUT2D eigenvalue weighted by atomic mass is 127. The molecule has 2 aromatic rings. The van der Waals surface area contributed by atoms with Crippen LogP contribution in [0, 0.1) is 14.1 Å². The van der Waals surface area contributed by atoms with Gasteiger partial charge in [0.2, 0.25) is 3.57 Å². The second-order valence-electron chi connectivity index (χ2n) is 4.55. The second kappa shape index (κ2) is 7.49. The molecule has 0 bridgehead atoms. The fraction of sp³-hybridized carbons (Fsp3) is 0.235. The zero-order chi connectivity index (χ0) is 16.1. The third-order valence-electron chi connectivity index (χ3n) is 3.12. The molecule has 0 aromatic heterocycles. The molecule has 0 amide bonds. The Bertz CT molecular complexity index is 665. The van der Waals surface area contributed by atoms with Crippen LogP contribution in [0.25, 0.3) is 0 Å². The third-order valence-corrected chi connectivity index (χ3v) is 6.38. The number of ether oxygens (including phenoxy) is 3. The zero-order valence-corrected chi connectivity index (χ0v) is 15.1. The van der Waals surface area contributed by atoms with Gasteiger partial charge >= 0.3 is 27.2 Å². The Balaban J connectivity index is 2.28. The topological polar surface area (TPSA) is 44.8 Å². The van der Waals surface area contributed by atoms with Crippen LogP contribution in [0.4, 0.5) is 0 Å². The zero-order valence-electron chi connectivity index (χ0n) is 13.0. The molecule has 0 saturated carbocycles. The van der Waals surface area contributed by atoms with Gasteiger partial charge in [0.1, 0.15) is 5.75 Å². The third kappa shape index (κ3) is 3.71. The number of esters is 1. The van der Waals surface area contributed by atoms with Gasteiger partial charge < -0.3 is 14.2 Å². The minimum Gasteiger partial charge on any atom is -0.497 e. The van der Waals surface area contributed by atoms with Gasteiger partial charge in [0.05, 0.1) is 26.9 Å². The van der Waals surface area contributed by atoms with Crippen LogP contribution < -0.4 is 30.7 Å². The lowest BCUT2D eigenvalue weighted by molar-refractivity contribution is -0.598. The van der Waals surface area contributed by atoms with E-state index >= 15 is 0 Å². The maximum absolute atomic E-state index is 11.5. The number of aryl methyl sites for hydroxylation is 1. The van der Waals surface area contributed by atoms with Crippen LogP contribution in [0.5, 0.6) is 11.5 Å². The minimum absolute atomic E-state index is 0.317. The molecule has 0 aliphatic rings. The van der Waals surface area contributed by atoms with Crippen molar-refractivity contribution in [2.24, 2.45) is 0 Å². The van der Waals surface area contributed by atoms with Crippen LogP contribution in [0.1, 0.15) is 15.9 Å². The van der Waals surface area contributed by atoms with Crippen molar-refractivity contribution in [1.29, 1.82) is 0 Å². The van der Waals surface area contributed by atoms with Crippen LogP contribution in [-0.2, 0) is 4.74 Å². The Labute approximate surface area is 140 Å². The number of rotatable bonds is 5. The molecule has 22 heavy (non-hydrogen) atoms. The Morgan fingerprint density at radius 2 is 1.68 bits per heavy atom. The van der Waals surface area contributed by atoms with Gasteiger partial charge in [0.15, 0.2) is 9.32 Å². The summed E-state index contributed by atoms with van der Waals surface area (Å²) in [7, 11) is 4.70. The smallest absolute Gasteiger partial charge is 0.362 e. The number of carbonyl (C=O) groups is 1. The number of hydrogen-bond acceptors (Lipinski definition) is 4. The molecule has 0 atom stereocenters. The highest BCUT2D eigenvalue weighted by Crippen LogP contribution is 2.22. The fourth-order valence-corrected chi connectivity index (χ4v) is 4.53. The maximum Gasteiger partial charge on any atom is 0.362 e. The number of methoxy groups -OCH3 is 3. The minimum atomic E-state index is -0.409. The SMILES string of the molecule is COC(=O)c1ccc([I+]c2c(C)cc(OC)cc2OC)cc1. The molecule has 0 aliphatic carbocycles. The van der Waals surface area contributed by atoms with Crippen molar-refractivity contribution in [1.82, 2.24) is 0 Å². The molecule has 0 aliphatic heterocycles. The van der Waals surface area contributed by atoms with E-state index in [1.807, 2.05) is 24.3 Å². The molecule has 0 saturated heterocycles. The van der Waals surface area contributed by atoms with Gasteiger partial charge in [-0.05, 0) is 37.3 Å². The molecule has 2 aromatic carbocycles. The summed E-state index contributed by atoms with van der Waals surface area (Å²) in [5, 5.41) is 0. The molecule has 0 heterocycles. The normalized spacial score (nSPS) is 10.2. The van der Waals surface area contributed by atoms with E-state index in [0.29, 0.717) is 5.56 Å². The summed E-state index contributed by atoms with van der Waals surface area (Å²) in [4.78, 5) is 11.5. The molecule has 4 nitrogen and oxygen atoms in total. The van der Waals surface area contributed by atoms with Gasteiger partial charge in [-0.25, -0.2) is 4.79 Å². The molecule has 5 heteroatoms. The van der Waals surface area contributed by atoms with Crippen molar-refractivity contribution in [3.05, 3.63) is 54.7 Å². The van der Waals surface area contributed by atoms with E-state index in [1.165, 1.54) is 14.3 Å². The van der Waals surface area contributed by atoms with E-state index in [9.17, 15) is 4.79 Å². The van der Waals surface area contributed by atoms with Crippen molar-refractivity contribution < 1.29 is 40.2 Å². The van der Waals surface area contributed by atoms with Gasteiger partial charge in [-0.1, -0.05) is 0 Å². The summed E-state index contributed by atoms with van der Waals surface area (Å²) >= 11 is -0.409. The molecule has 0 N–H and O–H groups in total. The molecule has 0 fully saturated rings. The molecule has 0 radical (unpaired) electrons. The van der Waals surface area contributed by atoms with Crippen molar-refractivity contribution in [3.8, 4) is 11.5 Å². The number of benzene rings is 2. The van der Waals surface area contributed by atoms with Crippen molar-refractivity contribution in [2.75, 3.05) is 21.3 Å². The van der Waals surface area contributed by atoms with Gasteiger partial charge in [-0.2, -0.15) is 0 Å².